The average molecular weight is 279 g/mol. The third-order valence-corrected chi connectivity index (χ3v) is 3.91. The Labute approximate surface area is 116 Å². The third kappa shape index (κ3) is 1.62. The van der Waals surface area contributed by atoms with Gasteiger partial charge in [0.25, 0.3) is 5.91 Å². The van der Waals surface area contributed by atoms with Crippen LogP contribution in [0.15, 0.2) is 36.6 Å². The average Bonchev–Trinajstić information content (AvgIpc) is 2.61. The molecule has 108 valence electrons. The van der Waals surface area contributed by atoms with Crippen molar-refractivity contribution >= 4 is 11.7 Å². The molecule has 2 N–H and O–H groups in total. The Morgan fingerprint density at radius 3 is 2.55 bits per heavy atom. The summed E-state index contributed by atoms with van der Waals surface area (Å²) < 4.78 is 0. The maximum absolute atomic E-state index is 12.6. The van der Waals surface area contributed by atoms with Gasteiger partial charge in [-0.3, -0.25) is 14.4 Å². The Morgan fingerprint density at radius 1 is 1.40 bits per heavy atom. The number of aliphatic hydroxyl groups is 2. The molecule has 0 aromatic heterocycles. The van der Waals surface area contributed by atoms with E-state index in [-0.39, 0.29) is 5.70 Å². The number of amides is 1. The van der Waals surface area contributed by atoms with Gasteiger partial charge in [0, 0.05) is 5.92 Å². The lowest BCUT2D eigenvalue weighted by Crippen LogP contribution is -2.57. The fraction of sp³-hybridized carbons (Fsp3) is 0.429. The maximum atomic E-state index is 12.6. The predicted octanol–water partition coefficient (Wildman–Crippen LogP) is -0.0569. The Balaban J connectivity index is 2.64. The van der Waals surface area contributed by atoms with E-state index in [2.05, 4.69) is 6.58 Å². The number of ketones is 1. The Bertz CT molecular complexity index is 524. The first-order valence-electron chi connectivity index (χ1n) is 6.21. The Kier molecular flexibility index (Phi) is 3.64. The second-order valence-electron chi connectivity index (χ2n) is 4.82. The van der Waals surface area contributed by atoms with Crippen LogP contribution in [-0.2, 0) is 14.4 Å². The molecule has 0 unspecified atom stereocenters. The fourth-order valence-corrected chi connectivity index (χ4v) is 2.90. The summed E-state index contributed by atoms with van der Waals surface area (Å²) in [5.74, 6) is -1.92. The van der Waals surface area contributed by atoms with E-state index in [0.717, 1.165) is 5.06 Å². The summed E-state index contributed by atoms with van der Waals surface area (Å²) in [6.45, 7) is 5.35. The summed E-state index contributed by atoms with van der Waals surface area (Å²) in [5.41, 5.74) is -1.71. The molecule has 6 nitrogen and oxygen atoms in total. The fourth-order valence-electron chi connectivity index (χ4n) is 2.90. The van der Waals surface area contributed by atoms with Crippen LogP contribution in [0.2, 0.25) is 0 Å². The molecule has 0 aromatic rings. The van der Waals surface area contributed by atoms with Crippen LogP contribution < -0.4 is 0 Å². The molecular weight excluding hydrogens is 262 g/mol. The highest BCUT2D eigenvalue weighted by atomic mass is 16.7. The second-order valence-corrected chi connectivity index (χ2v) is 4.82. The number of aliphatic hydroxyl groups excluding tert-OH is 2. The lowest BCUT2D eigenvalue weighted by molar-refractivity contribution is -0.177. The molecule has 4 atom stereocenters. The molecule has 1 aliphatic heterocycles. The van der Waals surface area contributed by atoms with Gasteiger partial charge in [0.2, 0.25) is 0 Å². The first-order valence-corrected chi connectivity index (χ1v) is 6.21. The lowest BCUT2D eigenvalue weighted by Gasteiger charge is -2.39. The molecule has 6 heteroatoms. The molecule has 0 bridgehead atoms. The predicted molar refractivity (Wildman–Crippen MR) is 69.9 cm³/mol. The summed E-state index contributed by atoms with van der Waals surface area (Å²) in [6, 6.07) is 0. The van der Waals surface area contributed by atoms with Crippen LogP contribution >= 0.6 is 0 Å². The molecule has 1 aliphatic carbocycles. The van der Waals surface area contributed by atoms with Crippen LogP contribution in [0.1, 0.15) is 6.92 Å². The van der Waals surface area contributed by atoms with Crippen LogP contribution in [-0.4, -0.2) is 46.3 Å². The van der Waals surface area contributed by atoms with Crippen LogP contribution in [0.3, 0.4) is 0 Å². The molecule has 0 saturated carbocycles. The van der Waals surface area contributed by atoms with E-state index >= 15 is 0 Å². The van der Waals surface area contributed by atoms with Crippen LogP contribution in [0.4, 0.5) is 0 Å². The quantitative estimate of drug-likeness (QED) is 0.692. The van der Waals surface area contributed by atoms with Gasteiger partial charge in [-0.15, -0.1) is 0 Å². The number of hydrogen-bond donors (Lipinski definition) is 2. The summed E-state index contributed by atoms with van der Waals surface area (Å²) in [7, 11) is 1.26. The van der Waals surface area contributed by atoms with Gasteiger partial charge in [0.05, 0.1) is 12.8 Å². The number of hydroxylamine groups is 2. The maximum Gasteiger partial charge on any atom is 0.263 e. The molecule has 20 heavy (non-hydrogen) atoms. The van der Waals surface area contributed by atoms with Crippen molar-refractivity contribution in [2.45, 2.75) is 19.1 Å². The van der Waals surface area contributed by atoms with Crippen molar-refractivity contribution in [1.29, 1.82) is 0 Å². The summed E-state index contributed by atoms with van der Waals surface area (Å²) in [5, 5.41) is 21.5. The number of hydrogen-bond acceptors (Lipinski definition) is 5. The van der Waals surface area contributed by atoms with E-state index in [9.17, 15) is 19.8 Å². The van der Waals surface area contributed by atoms with Crippen molar-refractivity contribution in [1.82, 2.24) is 5.06 Å². The molecule has 1 fully saturated rings. The van der Waals surface area contributed by atoms with E-state index < -0.39 is 35.2 Å². The minimum atomic E-state index is -1.72. The molecule has 2 aliphatic rings. The Hall–Kier alpha value is -1.76. The first-order chi connectivity index (χ1) is 9.42. The van der Waals surface area contributed by atoms with E-state index in [1.807, 2.05) is 0 Å². The standard InChI is InChI=1S/C14H17NO5/c1-4-5-9-6-7-10(16)12(18)14(9)11(17)8(2)15(20-3)13(14)19/h4-7,9,11-12,17-18H,2H2,1,3H3/b5-4+/t9-,11-,12+,14+/m1/s1. The van der Waals surface area contributed by atoms with Gasteiger partial charge in [-0.1, -0.05) is 24.8 Å². The number of allylic oxidation sites excluding steroid dienone is 3. The van der Waals surface area contributed by atoms with Gasteiger partial charge >= 0.3 is 0 Å². The molecule has 1 amide bonds. The van der Waals surface area contributed by atoms with E-state index in [1.54, 1.807) is 19.1 Å². The van der Waals surface area contributed by atoms with Crippen molar-refractivity contribution in [3.05, 3.63) is 36.6 Å². The highest BCUT2D eigenvalue weighted by Crippen LogP contribution is 2.49. The molecule has 2 rings (SSSR count). The van der Waals surface area contributed by atoms with Crippen molar-refractivity contribution in [2.75, 3.05) is 7.11 Å². The Morgan fingerprint density at radius 2 is 2.05 bits per heavy atom. The van der Waals surface area contributed by atoms with E-state index in [0.29, 0.717) is 0 Å². The summed E-state index contributed by atoms with van der Waals surface area (Å²) in [4.78, 5) is 29.3. The minimum Gasteiger partial charge on any atom is -0.386 e. The van der Waals surface area contributed by atoms with Crippen LogP contribution in [0.25, 0.3) is 0 Å². The minimum absolute atomic E-state index is 0.00848. The topological polar surface area (TPSA) is 87.1 Å². The van der Waals surface area contributed by atoms with E-state index in [4.69, 9.17) is 4.84 Å². The van der Waals surface area contributed by atoms with Crippen molar-refractivity contribution < 1.29 is 24.6 Å². The number of carbonyl (C=O) groups excluding carboxylic acids is 2. The van der Waals surface area contributed by atoms with Gasteiger partial charge < -0.3 is 10.2 Å². The van der Waals surface area contributed by atoms with Gasteiger partial charge in [0.15, 0.2) is 5.78 Å². The zero-order valence-electron chi connectivity index (χ0n) is 11.3. The third-order valence-electron chi connectivity index (χ3n) is 3.91. The van der Waals surface area contributed by atoms with Crippen molar-refractivity contribution in [3.63, 3.8) is 0 Å². The largest absolute Gasteiger partial charge is 0.386 e. The molecule has 1 saturated heterocycles. The van der Waals surface area contributed by atoms with Crippen molar-refractivity contribution in [2.24, 2.45) is 11.3 Å². The SMILES string of the molecule is C=C1[C@@H](O)[C@@]2(C(=O)N1OC)[C@H](/C=C/C)C=CC(=O)[C@@H]2O. The second kappa shape index (κ2) is 4.97. The highest BCUT2D eigenvalue weighted by molar-refractivity contribution is 6.03. The van der Waals surface area contributed by atoms with Crippen LogP contribution in [0.5, 0.6) is 0 Å². The van der Waals surface area contributed by atoms with Crippen LogP contribution in [0, 0.1) is 11.3 Å². The first kappa shape index (κ1) is 14.6. The molecule has 0 aromatic carbocycles. The zero-order valence-corrected chi connectivity index (χ0v) is 11.3. The molecule has 1 heterocycles. The smallest absolute Gasteiger partial charge is 0.263 e. The lowest BCUT2D eigenvalue weighted by atomic mass is 9.64. The van der Waals surface area contributed by atoms with Gasteiger partial charge in [-0.05, 0) is 13.0 Å². The summed E-state index contributed by atoms with van der Waals surface area (Å²) in [6.07, 6.45) is 3.02. The normalized spacial score (nSPS) is 37.7. The number of carbonyl (C=O) groups is 2. The highest BCUT2D eigenvalue weighted by Gasteiger charge is 2.66. The number of nitrogens with zero attached hydrogens (tertiary/aromatic N) is 1. The molecular formula is C14H17NO5. The van der Waals surface area contributed by atoms with Gasteiger partial charge in [-0.25, -0.2) is 0 Å². The molecule has 0 radical (unpaired) electrons. The van der Waals surface area contributed by atoms with E-state index in [1.165, 1.54) is 19.3 Å². The van der Waals surface area contributed by atoms with Gasteiger partial charge in [0.1, 0.15) is 17.6 Å². The van der Waals surface area contributed by atoms with Crippen molar-refractivity contribution in [3.8, 4) is 0 Å². The monoisotopic (exact) mass is 279 g/mol. The summed E-state index contributed by atoms with van der Waals surface area (Å²) >= 11 is 0. The number of rotatable bonds is 2. The van der Waals surface area contributed by atoms with Gasteiger partial charge in [-0.2, -0.15) is 5.06 Å². The molecule has 1 spiro atoms. The zero-order chi connectivity index (χ0) is 15.1.